The lowest BCUT2D eigenvalue weighted by atomic mass is 10.0. The van der Waals surface area contributed by atoms with Gasteiger partial charge in [0.1, 0.15) is 23.0 Å². The van der Waals surface area contributed by atoms with Gasteiger partial charge in [0.2, 0.25) is 6.41 Å². The second-order valence-electron chi connectivity index (χ2n) is 5.91. The molecule has 0 atom stereocenters. The Morgan fingerprint density at radius 1 is 0.867 bits per heavy atom. The maximum atomic E-state index is 13.9. The van der Waals surface area contributed by atoms with Gasteiger partial charge in [0.05, 0.1) is 0 Å². The first kappa shape index (κ1) is 21.3. The average molecular weight is 435 g/mol. The van der Waals surface area contributed by atoms with Crippen LogP contribution in [0.3, 0.4) is 0 Å². The number of nitrogens with zero attached hydrogens (tertiary/aromatic N) is 2. The summed E-state index contributed by atoms with van der Waals surface area (Å²) in [5, 5.41) is 4.09. The van der Waals surface area contributed by atoms with Crippen molar-refractivity contribution in [2.45, 2.75) is 12.4 Å². The van der Waals surface area contributed by atoms with E-state index in [4.69, 9.17) is 0 Å². The monoisotopic (exact) mass is 435 g/mol. The highest BCUT2D eigenvalue weighted by Gasteiger charge is 2.44. The van der Waals surface area contributed by atoms with E-state index < -0.39 is 52.2 Å². The molecule has 1 amide bonds. The molecule has 1 N–H and O–H groups in total. The van der Waals surface area contributed by atoms with Crippen LogP contribution in [0, 0.1) is 11.6 Å². The Hall–Kier alpha value is -3.44. The lowest BCUT2D eigenvalue weighted by Crippen LogP contribution is -2.17. The number of halogens is 8. The summed E-state index contributed by atoms with van der Waals surface area (Å²) in [4.78, 5) is 11.9. The number of nitrogens with one attached hydrogen (secondary N) is 1. The zero-order valence-corrected chi connectivity index (χ0v) is 14.4. The smallest absolute Gasteiger partial charge is 0.278 e. The highest BCUT2D eigenvalue weighted by atomic mass is 19.4. The molecular weight excluding hydrogens is 426 g/mol. The van der Waals surface area contributed by atoms with Gasteiger partial charge in [0.25, 0.3) is 0 Å². The molecule has 0 aliphatic rings. The topological polar surface area (TPSA) is 49.0 Å². The van der Waals surface area contributed by atoms with Gasteiger partial charge in [-0.1, -0.05) is 18.2 Å². The first-order chi connectivity index (χ1) is 13.9. The zero-order chi connectivity index (χ0) is 22.3. The molecule has 1 heterocycles. The van der Waals surface area contributed by atoms with Crippen LogP contribution >= 0.6 is 0 Å². The molecule has 0 unspecified atom stereocenters. The SMILES string of the molecule is O=CN(c1ccc(-c2c(C(F)(F)F)n[nH]c2C(F)(F)F)cc1)c1c(F)cccc1F. The standard InChI is InChI=1S/C18H9F8N3O/c19-11-2-1-3-12(20)14(11)29(8-30)10-6-4-9(5-7-10)13-15(17(21,22)23)27-28-16(13)18(24,25)26/h1-8H,(H,27,28). The molecule has 2 aromatic carbocycles. The third-order valence-electron chi connectivity index (χ3n) is 4.04. The Labute approximate surface area is 162 Å². The Morgan fingerprint density at radius 3 is 1.90 bits per heavy atom. The lowest BCUT2D eigenvalue weighted by molar-refractivity contribution is -0.142. The maximum absolute atomic E-state index is 13.9. The Balaban J connectivity index is 2.11. The van der Waals surface area contributed by atoms with E-state index in [0.717, 1.165) is 42.5 Å². The number of hydrogen-bond donors (Lipinski definition) is 1. The van der Waals surface area contributed by atoms with Crippen molar-refractivity contribution in [1.29, 1.82) is 0 Å². The summed E-state index contributed by atoms with van der Waals surface area (Å²) in [6.45, 7) is 0. The van der Waals surface area contributed by atoms with Gasteiger partial charge in [-0.2, -0.15) is 31.4 Å². The van der Waals surface area contributed by atoms with Gasteiger partial charge in [-0.3, -0.25) is 14.8 Å². The number of para-hydroxylation sites is 1. The van der Waals surface area contributed by atoms with Crippen LogP contribution in [0.4, 0.5) is 46.5 Å². The van der Waals surface area contributed by atoms with Crippen molar-refractivity contribution in [1.82, 2.24) is 10.2 Å². The number of aromatic nitrogens is 2. The Bertz CT molecular complexity index is 1020. The number of hydrogen-bond acceptors (Lipinski definition) is 2. The molecule has 4 nitrogen and oxygen atoms in total. The molecule has 0 spiro atoms. The van der Waals surface area contributed by atoms with E-state index in [2.05, 4.69) is 5.10 Å². The molecule has 3 rings (SSSR count). The number of carbonyl (C=O) groups is 1. The minimum atomic E-state index is -5.18. The van der Waals surface area contributed by atoms with E-state index in [9.17, 15) is 39.9 Å². The number of carbonyl (C=O) groups excluding carboxylic acids is 1. The number of rotatable bonds is 4. The van der Waals surface area contributed by atoms with Crippen LogP contribution < -0.4 is 4.90 Å². The van der Waals surface area contributed by atoms with Gasteiger partial charge >= 0.3 is 12.4 Å². The summed E-state index contributed by atoms with van der Waals surface area (Å²) < 4.78 is 107. The summed E-state index contributed by atoms with van der Waals surface area (Å²) in [7, 11) is 0. The van der Waals surface area contributed by atoms with Crippen molar-refractivity contribution in [3.8, 4) is 11.1 Å². The van der Waals surface area contributed by atoms with E-state index >= 15 is 0 Å². The Kier molecular flexibility index (Phi) is 5.27. The van der Waals surface area contributed by atoms with Gasteiger partial charge in [-0.05, 0) is 29.8 Å². The fraction of sp³-hybridized carbons (Fsp3) is 0.111. The number of anilines is 2. The fourth-order valence-corrected chi connectivity index (χ4v) is 2.78. The van der Waals surface area contributed by atoms with Crippen molar-refractivity contribution >= 4 is 17.8 Å². The molecule has 0 saturated heterocycles. The molecule has 1 aromatic heterocycles. The van der Waals surface area contributed by atoms with Crippen molar-refractivity contribution < 1.29 is 39.9 Å². The highest BCUT2D eigenvalue weighted by molar-refractivity contribution is 5.87. The number of alkyl halides is 6. The first-order valence-electron chi connectivity index (χ1n) is 7.97. The number of amides is 1. The number of H-pyrrole nitrogens is 1. The van der Waals surface area contributed by atoms with Crippen LogP contribution in [0.5, 0.6) is 0 Å². The van der Waals surface area contributed by atoms with Crippen LogP contribution in [0.2, 0.25) is 0 Å². The normalized spacial score (nSPS) is 12.1. The lowest BCUT2D eigenvalue weighted by Gasteiger charge is -2.19. The summed E-state index contributed by atoms with van der Waals surface area (Å²) in [5.74, 6) is -2.19. The summed E-state index contributed by atoms with van der Waals surface area (Å²) >= 11 is 0. The molecule has 3 aromatic rings. The number of aromatic amines is 1. The Morgan fingerprint density at radius 2 is 1.43 bits per heavy atom. The van der Waals surface area contributed by atoms with Crippen LogP contribution in [0.25, 0.3) is 11.1 Å². The second-order valence-corrected chi connectivity index (χ2v) is 5.91. The van der Waals surface area contributed by atoms with Gasteiger partial charge in [0.15, 0.2) is 5.69 Å². The summed E-state index contributed by atoms with van der Waals surface area (Å²) in [6.07, 6.45) is -10.3. The molecule has 0 bridgehead atoms. The molecule has 12 heteroatoms. The predicted octanol–water partition coefficient (Wildman–Crippen LogP) is 5.69. The molecule has 0 aliphatic heterocycles. The summed E-state index contributed by atoms with van der Waals surface area (Å²) in [6, 6.07) is 6.39. The zero-order valence-electron chi connectivity index (χ0n) is 14.4. The van der Waals surface area contributed by atoms with E-state index in [1.54, 1.807) is 0 Å². The van der Waals surface area contributed by atoms with E-state index in [-0.39, 0.29) is 12.1 Å². The van der Waals surface area contributed by atoms with E-state index in [0.29, 0.717) is 4.90 Å². The van der Waals surface area contributed by atoms with Crippen molar-refractivity contribution in [3.05, 3.63) is 65.5 Å². The van der Waals surface area contributed by atoms with Crippen molar-refractivity contribution in [3.63, 3.8) is 0 Å². The maximum Gasteiger partial charge on any atom is 0.435 e. The highest BCUT2D eigenvalue weighted by Crippen LogP contribution is 2.43. The van der Waals surface area contributed by atoms with Crippen molar-refractivity contribution in [2.24, 2.45) is 0 Å². The predicted molar refractivity (Wildman–Crippen MR) is 88.6 cm³/mol. The molecular formula is C18H9F8N3O. The van der Waals surface area contributed by atoms with Crippen molar-refractivity contribution in [2.75, 3.05) is 4.90 Å². The number of benzene rings is 2. The van der Waals surface area contributed by atoms with Crippen LogP contribution in [-0.4, -0.2) is 16.6 Å². The minimum Gasteiger partial charge on any atom is -0.278 e. The summed E-state index contributed by atoms with van der Waals surface area (Å²) in [5.41, 5.74) is -6.20. The average Bonchev–Trinajstić information content (AvgIpc) is 3.11. The van der Waals surface area contributed by atoms with Gasteiger partial charge in [0, 0.05) is 11.3 Å². The molecule has 0 fully saturated rings. The molecule has 0 aliphatic carbocycles. The first-order valence-corrected chi connectivity index (χ1v) is 7.97. The third kappa shape index (κ3) is 3.84. The van der Waals surface area contributed by atoms with Crippen LogP contribution in [0.1, 0.15) is 11.4 Å². The molecule has 30 heavy (non-hydrogen) atoms. The molecule has 0 saturated carbocycles. The molecule has 158 valence electrons. The second kappa shape index (κ2) is 7.43. The quantitative estimate of drug-likeness (QED) is 0.423. The van der Waals surface area contributed by atoms with E-state index in [1.807, 2.05) is 0 Å². The van der Waals surface area contributed by atoms with Crippen LogP contribution in [0.15, 0.2) is 42.5 Å². The van der Waals surface area contributed by atoms with E-state index in [1.165, 1.54) is 5.10 Å². The van der Waals surface area contributed by atoms with Gasteiger partial charge in [-0.25, -0.2) is 8.78 Å². The largest absolute Gasteiger partial charge is 0.435 e. The van der Waals surface area contributed by atoms with Gasteiger partial charge in [-0.15, -0.1) is 0 Å². The fourth-order valence-electron chi connectivity index (χ4n) is 2.78. The minimum absolute atomic E-state index is 0.0522. The molecule has 0 radical (unpaired) electrons. The third-order valence-corrected chi connectivity index (χ3v) is 4.04. The van der Waals surface area contributed by atoms with Crippen LogP contribution in [-0.2, 0) is 17.1 Å². The van der Waals surface area contributed by atoms with Gasteiger partial charge < -0.3 is 0 Å².